The van der Waals surface area contributed by atoms with Crippen LogP contribution in [0.1, 0.15) is 81.0 Å². The van der Waals surface area contributed by atoms with Gasteiger partial charge in [0.2, 0.25) is 0 Å². The van der Waals surface area contributed by atoms with Crippen LogP contribution >= 0.6 is 11.3 Å². The Hall–Kier alpha value is -1.82. The van der Waals surface area contributed by atoms with Crippen LogP contribution in [0.25, 0.3) is 0 Å². The molecule has 0 aliphatic rings. The summed E-state index contributed by atoms with van der Waals surface area (Å²) in [5, 5.41) is 5.66. The van der Waals surface area contributed by atoms with Crippen molar-refractivity contribution in [2.24, 2.45) is 17.0 Å². The normalized spacial score (nSPS) is 9.36. The minimum absolute atomic E-state index is 0. The van der Waals surface area contributed by atoms with Crippen molar-refractivity contribution in [2.75, 3.05) is 7.11 Å². The smallest absolute Gasteiger partial charge is 0.115 e. The van der Waals surface area contributed by atoms with Gasteiger partial charge < -0.3 is 4.84 Å². The van der Waals surface area contributed by atoms with Crippen molar-refractivity contribution in [1.82, 2.24) is 15.0 Å². The van der Waals surface area contributed by atoms with Crippen LogP contribution in [0.4, 0.5) is 0 Å². The zero-order valence-corrected chi connectivity index (χ0v) is 17.3. The van der Waals surface area contributed by atoms with Crippen LogP contribution in [0.15, 0.2) is 34.8 Å². The minimum atomic E-state index is 0. The lowest BCUT2D eigenvalue weighted by atomic mass is 10.1. The number of thiazole rings is 1. The summed E-state index contributed by atoms with van der Waals surface area (Å²) in [4.78, 5) is 16.4. The molecule has 164 valence electrons. The average Bonchev–Trinajstić information content (AvgIpc) is 3.07. The van der Waals surface area contributed by atoms with Crippen molar-refractivity contribution >= 4 is 17.6 Å². The average molecular weight is 413 g/mol. The predicted octanol–water partition coefficient (Wildman–Crippen LogP) is 7.12. The molecule has 5 nitrogen and oxygen atoms in total. The number of rotatable bonds is 5. The molecule has 28 heavy (non-hydrogen) atoms. The molecule has 6 heteroatoms. The molecule has 0 saturated heterocycles. The Morgan fingerprint density at radius 3 is 1.89 bits per heavy atom. The van der Waals surface area contributed by atoms with Gasteiger partial charge in [-0.2, -0.15) is 0 Å². The fourth-order valence-electron chi connectivity index (χ4n) is 1.55. The minimum Gasteiger partial charge on any atom is -0.399 e. The molecule has 0 amide bonds. The highest BCUT2D eigenvalue weighted by Crippen LogP contribution is 2.09. The van der Waals surface area contributed by atoms with Gasteiger partial charge in [0, 0.05) is 24.0 Å². The van der Waals surface area contributed by atoms with E-state index in [0.29, 0.717) is 11.8 Å². The van der Waals surface area contributed by atoms with Gasteiger partial charge in [0.1, 0.15) is 13.4 Å². The van der Waals surface area contributed by atoms with E-state index in [1.54, 1.807) is 31.0 Å². The van der Waals surface area contributed by atoms with Gasteiger partial charge >= 0.3 is 0 Å². The van der Waals surface area contributed by atoms with Gasteiger partial charge in [-0.1, -0.05) is 69.0 Å². The molecule has 2 rings (SSSR count). The molecule has 2 aromatic rings. The molecule has 0 spiro atoms. The molecule has 0 fully saturated rings. The van der Waals surface area contributed by atoms with Crippen molar-refractivity contribution < 1.29 is 4.84 Å². The van der Waals surface area contributed by atoms with Crippen LogP contribution in [0.3, 0.4) is 0 Å². The van der Waals surface area contributed by atoms with Crippen LogP contribution in [-0.2, 0) is 11.3 Å². The number of oxime groups is 1. The van der Waals surface area contributed by atoms with Gasteiger partial charge in [-0.3, -0.25) is 0 Å². The highest BCUT2D eigenvalue weighted by atomic mass is 32.1. The lowest BCUT2D eigenvalue weighted by Crippen LogP contribution is -1.92. The summed E-state index contributed by atoms with van der Waals surface area (Å²) < 4.78 is 0. The summed E-state index contributed by atoms with van der Waals surface area (Å²) in [7, 11) is 1.54. The standard InChI is InChI=1S/C7H10N2.C7H11NS.C5H11NO.3CH4/c1-6(2)7-3-8-5-9-4-7;1-6(2)3-7-4-9-5-8-7;1-5(2)4-6-7-3;;;/h3-6H,1-2H3;4-6H,3H2,1-2H3;4-5H,1-3H3;3*1H4. The Morgan fingerprint density at radius 1 is 1.04 bits per heavy atom. The van der Waals surface area contributed by atoms with Crippen LogP contribution in [-0.4, -0.2) is 28.3 Å². The fraction of sp³-hybridized carbons (Fsp3) is 0.636. The van der Waals surface area contributed by atoms with E-state index in [4.69, 9.17) is 0 Å². The third-order valence-corrected chi connectivity index (χ3v) is 3.45. The van der Waals surface area contributed by atoms with Crippen LogP contribution in [0.5, 0.6) is 0 Å². The summed E-state index contributed by atoms with van der Waals surface area (Å²) in [6.07, 6.45) is 8.10. The maximum atomic E-state index is 4.42. The summed E-state index contributed by atoms with van der Waals surface area (Å²) in [5.74, 6) is 1.75. The van der Waals surface area contributed by atoms with Gasteiger partial charge in [-0.05, 0) is 29.7 Å². The fourth-order valence-corrected chi connectivity index (χ4v) is 2.12. The molecule has 0 aliphatic heterocycles. The molecule has 0 unspecified atom stereocenters. The Labute approximate surface area is 178 Å². The van der Waals surface area contributed by atoms with Gasteiger partial charge in [0.05, 0.1) is 11.2 Å². The third kappa shape index (κ3) is 20.5. The second-order valence-corrected chi connectivity index (χ2v) is 7.30. The first-order valence-corrected chi connectivity index (χ1v) is 9.49. The Balaban J connectivity index is -0.000000148. The summed E-state index contributed by atoms with van der Waals surface area (Å²) in [6.45, 7) is 12.8. The molecule has 0 aliphatic carbocycles. The van der Waals surface area contributed by atoms with Crippen molar-refractivity contribution in [2.45, 2.75) is 76.2 Å². The molecule has 0 N–H and O–H groups in total. The van der Waals surface area contributed by atoms with Crippen molar-refractivity contribution in [3.8, 4) is 0 Å². The molecule has 2 heterocycles. The lowest BCUT2D eigenvalue weighted by Gasteiger charge is -1.99. The first kappa shape index (κ1) is 33.7. The molecular weight excluding hydrogens is 368 g/mol. The third-order valence-electron chi connectivity index (χ3n) is 2.81. The second kappa shape index (κ2) is 21.5. The maximum Gasteiger partial charge on any atom is 0.115 e. The van der Waals surface area contributed by atoms with E-state index >= 15 is 0 Å². The van der Waals surface area contributed by atoms with E-state index in [-0.39, 0.29) is 22.3 Å². The topological polar surface area (TPSA) is 60.3 Å². The van der Waals surface area contributed by atoms with Crippen molar-refractivity contribution in [1.29, 1.82) is 0 Å². The van der Waals surface area contributed by atoms with E-state index in [1.165, 1.54) is 11.3 Å². The van der Waals surface area contributed by atoms with Crippen LogP contribution in [0, 0.1) is 11.8 Å². The first-order chi connectivity index (χ1) is 11.9. The van der Waals surface area contributed by atoms with E-state index in [9.17, 15) is 0 Å². The molecule has 0 saturated carbocycles. The quantitative estimate of drug-likeness (QED) is 0.387. The zero-order chi connectivity index (χ0) is 19.1. The highest BCUT2D eigenvalue weighted by molar-refractivity contribution is 7.07. The zero-order valence-electron chi connectivity index (χ0n) is 16.5. The lowest BCUT2D eigenvalue weighted by molar-refractivity contribution is 0.213. The summed E-state index contributed by atoms with van der Waals surface area (Å²) in [5.41, 5.74) is 4.31. The van der Waals surface area contributed by atoms with Gasteiger partial charge in [0.25, 0.3) is 0 Å². The largest absolute Gasteiger partial charge is 0.399 e. The Bertz CT molecular complexity index is 541. The summed E-state index contributed by atoms with van der Waals surface area (Å²) >= 11 is 1.67. The van der Waals surface area contributed by atoms with Crippen molar-refractivity contribution in [3.05, 3.63) is 40.9 Å². The first-order valence-electron chi connectivity index (χ1n) is 8.55. The van der Waals surface area contributed by atoms with Gasteiger partial charge in [0.15, 0.2) is 0 Å². The van der Waals surface area contributed by atoms with Gasteiger partial charge in [-0.25, -0.2) is 15.0 Å². The maximum absolute atomic E-state index is 4.42. The number of aromatic nitrogens is 3. The highest BCUT2D eigenvalue weighted by Gasteiger charge is 1.97. The van der Waals surface area contributed by atoms with Crippen molar-refractivity contribution in [3.63, 3.8) is 0 Å². The predicted molar refractivity (Wildman–Crippen MR) is 127 cm³/mol. The van der Waals surface area contributed by atoms with E-state index in [2.05, 4.69) is 58.0 Å². The molecule has 0 radical (unpaired) electrons. The second-order valence-electron chi connectivity index (χ2n) is 6.59. The molecule has 2 aromatic heterocycles. The van der Waals surface area contributed by atoms with E-state index < -0.39 is 0 Å². The van der Waals surface area contributed by atoms with E-state index in [1.807, 2.05) is 31.8 Å². The Kier molecular flexibility index (Phi) is 25.9. The van der Waals surface area contributed by atoms with E-state index in [0.717, 1.165) is 12.3 Å². The monoisotopic (exact) mass is 412 g/mol. The summed E-state index contributed by atoms with van der Waals surface area (Å²) in [6, 6.07) is 0. The molecule has 0 atom stereocenters. The SMILES string of the molecule is C.C.C.CC(C)Cc1cscn1.CC(C)c1cncnc1.CON=CC(C)C. The molecular formula is C22H44N4OS. The van der Waals surface area contributed by atoms with Gasteiger partial charge in [-0.15, -0.1) is 11.3 Å². The number of nitrogens with zero attached hydrogens (tertiary/aromatic N) is 4. The van der Waals surface area contributed by atoms with Crippen LogP contribution in [0.2, 0.25) is 0 Å². The number of hydrogen-bond donors (Lipinski definition) is 0. The molecule has 0 aromatic carbocycles. The number of hydrogen-bond acceptors (Lipinski definition) is 6. The Morgan fingerprint density at radius 2 is 1.61 bits per heavy atom. The van der Waals surface area contributed by atoms with Crippen LogP contribution < -0.4 is 0 Å². The molecule has 0 bridgehead atoms.